The number of nitrogens with zero attached hydrogens (tertiary/aromatic N) is 3. The summed E-state index contributed by atoms with van der Waals surface area (Å²) < 4.78 is 2.47. The van der Waals surface area contributed by atoms with Crippen LogP contribution in [0, 0.1) is 0 Å². The molecule has 224 valence electrons. The van der Waals surface area contributed by atoms with E-state index < -0.39 is 0 Å². The molecule has 10 rings (SSSR count). The molecule has 0 N–H and O–H groups in total. The third kappa shape index (κ3) is 4.16. The van der Waals surface area contributed by atoms with Gasteiger partial charge in [-0.1, -0.05) is 145 Å². The lowest BCUT2D eigenvalue weighted by molar-refractivity contribution is 1.17. The number of hydrogen-bond donors (Lipinski definition) is 0. The minimum absolute atomic E-state index is 0.721. The molecule has 0 amide bonds. The van der Waals surface area contributed by atoms with Crippen LogP contribution in [0.4, 0.5) is 0 Å². The van der Waals surface area contributed by atoms with Gasteiger partial charge in [0, 0.05) is 48.2 Å². The molecule has 7 aromatic carbocycles. The predicted octanol–water partition coefficient (Wildman–Crippen LogP) is 11.9. The van der Waals surface area contributed by atoms with Crippen LogP contribution in [0.1, 0.15) is 0 Å². The van der Waals surface area contributed by atoms with E-state index in [0.717, 1.165) is 33.5 Å². The molecule has 0 saturated heterocycles. The minimum Gasteiger partial charge on any atom is -0.308 e. The first kappa shape index (κ1) is 27.2. The van der Waals surface area contributed by atoms with Crippen molar-refractivity contribution < 1.29 is 0 Å². The molecule has 0 atom stereocenters. The average molecular weight is 630 g/mol. The van der Waals surface area contributed by atoms with Gasteiger partial charge in [0.1, 0.15) is 0 Å². The zero-order valence-electron chi connectivity index (χ0n) is 25.8. The van der Waals surface area contributed by atoms with Gasteiger partial charge in [-0.05, 0) is 41.5 Å². The van der Waals surface area contributed by atoms with Crippen LogP contribution in [-0.4, -0.2) is 14.5 Å². The molecular weight excluding hydrogens is 603 g/mol. The van der Waals surface area contributed by atoms with Gasteiger partial charge in [0.05, 0.1) is 27.9 Å². The first-order chi connectivity index (χ1) is 23.8. The van der Waals surface area contributed by atoms with E-state index in [4.69, 9.17) is 9.97 Å². The molecule has 3 nitrogen and oxygen atoms in total. The number of hydrogen-bond acceptors (Lipinski definition) is 3. The highest BCUT2D eigenvalue weighted by molar-refractivity contribution is 7.99. The third-order valence-electron chi connectivity index (χ3n) is 9.42. The first-order valence-electron chi connectivity index (χ1n) is 16.2. The number of aromatic nitrogens is 3. The summed E-state index contributed by atoms with van der Waals surface area (Å²) in [7, 11) is 0. The number of fused-ring (bicyclic) bond motifs is 10. The topological polar surface area (TPSA) is 30.7 Å². The molecule has 0 aliphatic carbocycles. The number of para-hydroxylation sites is 4. The maximum absolute atomic E-state index is 5.22. The van der Waals surface area contributed by atoms with Gasteiger partial charge in [-0.3, -0.25) is 0 Å². The molecule has 2 aromatic heterocycles. The van der Waals surface area contributed by atoms with Crippen LogP contribution in [-0.2, 0) is 0 Å². The molecule has 1 aliphatic rings. The lowest BCUT2D eigenvalue weighted by Crippen LogP contribution is -2.01. The zero-order valence-corrected chi connectivity index (χ0v) is 26.7. The third-order valence-corrected chi connectivity index (χ3v) is 10.6. The van der Waals surface area contributed by atoms with Crippen LogP contribution in [0.5, 0.6) is 0 Å². The van der Waals surface area contributed by atoms with Crippen LogP contribution >= 0.6 is 11.8 Å². The van der Waals surface area contributed by atoms with Crippen molar-refractivity contribution in [3.05, 3.63) is 164 Å². The van der Waals surface area contributed by atoms with Gasteiger partial charge < -0.3 is 4.57 Å². The summed E-state index contributed by atoms with van der Waals surface area (Å²) in [5.74, 6) is 0.721. The Morgan fingerprint density at radius 1 is 0.438 bits per heavy atom. The summed E-state index contributed by atoms with van der Waals surface area (Å²) in [5, 5.41) is 3.55. The van der Waals surface area contributed by atoms with E-state index in [2.05, 4.69) is 156 Å². The zero-order chi connectivity index (χ0) is 31.6. The van der Waals surface area contributed by atoms with Gasteiger partial charge in [0.15, 0.2) is 5.82 Å². The Morgan fingerprint density at radius 2 is 1.12 bits per heavy atom. The van der Waals surface area contributed by atoms with Crippen LogP contribution in [0.25, 0.3) is 83.3 Å². The van der Waals surface area contributed by atoms with Gasteiger partial charge in [-0.25, -0.2) is 9.97 Å². The van der Waals surface area contributed by atoms with Crippen molar-refractivity contribution in [2.75, 3.05) is 0 Å². The van der Waals surface area contributed by atoms with Crippen LogP contribution in [0.3, 0.4) is 0 Å². The van der Waals surface area contributed by atoms with Crippen molar-refractivity contribution in [3.63, 3.8) is 0 Å². The highest BCUT2D eigenvalue weighted by Gasteiger charge is 2.23. The SMILES string of the molecule is c1ccc(-c2nc(-c3ccc4c(c3)Sc3ccccc3-c3ccccc3-n3c5ccccc5c5cccc-4c53)nc3ccccc23)cc1. The maximum atomic E-state index is 5.22. The molecule has 4 heteroatoms. The van der Waals surface area contributed by atoms with E-state index in [1.54, 1.807) is 0 Å². The van der Waals surface area contributed by atoms with Crippen LogP contribution in [0.2, 0.25) is 0 Å². The molecule has 0 unspecified atom stereocenters. The Kier molecular flexibility index (Phi) is 6.11. The Balaban J connectivity index is 1.28. The van der Waals surface area contributed by atoms with E-state index in [-0.39, 0.29) is 0 Å². The molecule has 0 spiro atoms. The Bertz CT molecular complexity index is 2710. The minimum atomic E-state index is 0.721. The van der Waals surface area contributed by atoms with Crippen molar-refractivity contribution in [3.8, 4) is 50.6 Å². The molecular formula is C44H27N3S. The number of rotatable bonds is 2. The lowest BCUT2D eigenvalue weighted by Gasteiger charge is -2.21. The fourth-order valence-corrected chi connectivity index (χ4v) is 8.41. The quantitative estimate of drug-likeness (QED) is 0.191. The first-order valence-corrected chi connectivity index (χ1v) is 17.0. The van der Waals surface area contributed by atoms with Crippen molar-refractivity contribution in [1.29, 1.82) is 0 Å². The molecule has 0 bridgehead atoms. The second kappa shape index (κ2) is 10.8. The van der Waals surface area contributed by atoms with Crippen LogP contribution in [0.15, 0.2) is 174 Å². The molecule has 48 heavy (non-hydrogen) atoms. The van der Waals surface area contributed by atoms with Gasteiger partial charge in [-0.2, -0.15) is 0 Å². The van der Waals surface area contributed by atoms with Crippen molar-refractivity contribution in [2.45, 2.75) is 9.79 Å². The molecule has 0 radical (unpaired) electrons. The normalized spacial score (nSPS) is 12.1. The summed E-state index contributed by atoms with van der Waals surface area (Å²) >= 11 is 1.82. The Hall–Kier alpha value is -5.97. The highest BCUT2D eigenvalue weighted by atomic mass is 32.2. The second-order valence-corrected chi connectivity index (χ2v) is 13.2. The van der Waals surface area contributed by atoms with Gasteiger partial charge in [-0.15, -0.1) is 0 Å². The van der Waals surface area contributed by atoms with Gasteiger partial charge in [0.25, 0.3) is 0 Å². The standard InChI is InChI=1S/C44H27N3S/c1-2-13-28(14-3-1)42-36-18-4-8-21-37(36)45-44(46-42)29-25-26-33-35-20-12-19-34-31-16-6-10-23-39(31)47(43(34)35)38-22-9-5-15-30(38)32-17-7-11-24-40(32)48-41(33)27-29/h1-27H. The summed E-state index contributed by atoms with van der Waals surface area (Å²) in [4.78, 5) is 12.7. The predicted molar refractivity (Wildman–Crippen MR) is 200 cm³/mol. The van der Waals surface area contributed by atoms with Gasteiger partial charge in [0.2, 0.25) is 0 Å². The fraction of sp³-hybridized carbons (Fsp3) is 0. The summed E-state index contributed by atoms with van der Waals surface area (Å²) in [5.41, 5.74) is 12.4. The van der Waals surface area contributed by atoms with Gasteiger partial charge >= 0.3 is 0 Å². The van der Waals surface area contributed by atoms with Crippen molar-refractivity contribution >= 4 is 44.5 Å². The van der Waals surface area contributed by atoms with E-state index in [1.807, 2.05) is 23.9 Å². The highest BCUT2D eigenvalue weighted by Crippen LogP contribution is 2.48. The molecule has 9 aromatic rings. The maximum Gasteiger partial charge on any atom is 0.160 e. The molecule has 0 saturated carbocycles. The summed E-state index contributed by atoms with van der Waals surface area (Å²) in [6.07, 6.45) is 0. The summed E-state index contributed by atoms with van der Waals surface area (Å²) in [6.45, 7) is 0. The molecule has 3 heterocycles. The smallest absolute Gasteiger partial charge is 0.160 e. The molecule has 0 fully saturated rings. The van der Waals surface area contributed by atoms with E-state index in [0.29, 0.717) is 0 Å². The van der Waals surface area contributed by atoms with E-state index in [9.17, 15) is 0 Å². The second-order valence-electron chi connectivity index (χ2n) is 12.2. The average Bonchev–Trinajstić information content (AvgIpc) is 3.49. The summed E-state index contributed by atoms with van der Waals surface area (Å²) in [6, 6.07) is 58.5. The Morgan fingerprint density at radius 3 is 2.04 bits per heavy atom. The van der Waals surface area contributed by atoms with Crippen molar-refractivity contribution in [1.82, 2.24) is 14.5 Å². The lowest BCUT2D eigenvalue weighted by atomic mass is 9.99. The Labute approximate surface area is 282 Å². The number of benzene rings is 7. The molecule has 1 aliphatic heterocycles. The van der Waals surface area contributed by atoms with E-state index >= 15 is 0 Å². The van der Waals surface area contributed by atoms with E-state index in [1.165, 1.54) is 59.5 Å². The van der Waals surface area contributed by atoms with Crippen molar-refractivity contribution in [2.24, 2.45) is 0 Å². The largest absolute Gasteiger partial charge is 0.308 e. The van der Waals surface area contributed by atoms with Crippen LogP contribution < -0.4 is 0 Å². The fourth-order valence-electron chi connectivity index (χ4n) is 7.27. The monoisotopic (exact) mass is 629 g/mol.